The van der Waals surface area contributed by atoms with Gasteiger partial charge in [-0.15, -0.1) is 0 Å². The van der Waals surface area contributed by atoms with Crippen LogP contribution in [0.4, 0.5) is 0 Å². The topological polar surface area (TPSA) is 88.5 Å². The summed E-state index contributed by atoms with van der Waals surface area (Å²) in [5.74, 6) is -0.0463. The van der Waals surface area contributed by atoms with Crippen molar-refractivity contribution in [3.05, 3.63) is 58.7 Å². The molecule has 0 radical (unpaired) electrons. The van der Waals surface area contributed by atoms with E-state index in [1.54, 1.807) is 36.4 Å². The molecule has 8 nitrogen and oxygen atoms in total. The first-order valence-corrected chi connectivity index (χ1v) is 12.7. The maximum atomic E-state index is 13.4. The van der Waals surface area contributed by atoms with Gasteiger partial charge < -0.3 is 29.1 Å². The molecule has 1 aliphatic heterocycles. The predicted molar refractivity (Wildman–Crippen MR) is 143 cm³/mol. The van der Waals surface area contributed by atoms with E-state index in [1.807, 2.05) is 20.8 Å². The number of carbonyl (C=O) groups excluding carboxylic acids is 2. The Hall–Kier alpha value is -3.52. The molecule has 0 spiro atoms. The van der Waals surface area contributed by atoms with Gasteiger partial charge in [-0.25, -0.2) is 0 Å². The van der Waals surface area contributed by atoms with E-state index in [0.29, 0.717) is 41.5 Å². The Bertz CT molecular complexity index is 1170. The number of aliphatic hydroxyl groups is 1. The number of carbonyl (C=O) groups is 2. The Morgan fingerprint density at radius 2 is 1.76 bits per heavy atom. The van der Waals surface area contributed by atoms with Crippen molar-refractivity contribution in [3.8, 4) is 17.2 Å². The highest BCUT2D eigenvalue weighted by atomic mass is 16.5. The number of hydrogen-bond donors (Lipinski definition) is 1. The third-order valence-corrected chi connectivity index (χ3v) is 6.63. The molecular weight excluding hydrogens is 472 g/mol. The van der Waals surface area contributed by atoms with E-state index in [-0.39, 0.29) is 17.4 Å². The first-order chi connectivity index (χ1) is 17.7. The molecule has 0 bridgehead atoms. The Labute approximate surface area is 219 Å². The summed E-state index contributed by atoms with van der Waals surface area (Å²) in [7, 11) is 3.04. The van der Waals surface area contributed by atoms with E-state index in [2.05, 4.69) is 18.7 Å². The van der Waals surface area contributed by atoms with Crippen molar-refractivity contribution in [1.29, 1.82) is 0 Å². The molecule has 37 heavy (non-hydrogen) atoms. The molecule has 1 heterocycles. The number of amides is 1. The molecule has 0 unspecified atom stereocenters. The molecule has 0 saturated carbocycles. The molecule has 1 amide bonds. The second-order valence-corrected chi connectivity index (χ2v) is 9.25. The fraction of sp³-hybridized carbons (Fsp3) is 0.448. The summed E-state index contributed by atoms with van der Waals surface area (Å²) in [6.07, 6.45) is -0.00481. The number of nitrogens with zero attached hydrogens (tertiary/aromatic N) is 2. The van der Waals surface area contributed by atoms with Crippen LogP contribution in [-0.2, 0) is 9.59 Å². The zero-order chi connectivity index (χ0) is 27.3. The van der Waals surface area contributed by atoms with Gasteiger partial charge in [-0.05, 0) is 63.7 Å². The highest BCUT2D eigenvalue weighted by molar-refractivity contribution is 6.46. The highest BCUT2D eigenvalue weighted by Crippen LogP contribution is 2.45. The normalized spacial score (nSPS) is 17.1. The van der Waals surface area contributed by atoms with Crippen molar-refractivity contribution in [1.82, 2.24) is 9.80 Å². The number of methoxy groups -OCH3 is 2. The van der Waals surface area contributed by atoms with Crippen LogP contribution in [0.1, 0.15) is 50.4 Å². The number of Topliss-reactive ketones (excluding diaryl/α,β-unsaturated/α-hetero) is 1. The molecule has 2 aromatic carbocycles. The summed E-state index contributed by atoms with van der Waals surface area (Å²) in [5.41, 5.74) is 1.83. The lowest BCUT2D eigenvalue weighted by Gasteiger charge is -2.29. The maximum Gasteiger partial charge on any atom is 0.295 e. The molecule has 0 aliphatic carbocycles. The van der Waals surface area contributed by atoms with Gasteiger partial charge in [0.05, 0.1) is 31.9 Å². The minimum absolute atomic E-state index is 0.00481. The van der Waals surface area contributed by atoms with E-state index in [1.165, 1.54) is 19.1 Å². The fourth-order valence-electron chi connectivity index (χ4n) is 4.69. The number of benzene rings is 2. The minimum Gasteiger partial charge on any atom is -0.507 e. The SMILES string of the molecule is CCN(CC)CCN1C(=O)C(=O)/C(=C(/O)c2ccc(OC(C)C)c(C)c2)[C@H]1c1cccc(OC)c1OC. The van der Waals surface area contributed by atoms with Gasteiger partial charge >= 0.3 is 0 Å². The van der Waals surface area contributed by atoms with Crippen molar-refractivity contribution >= 4 is 17.4 Å². The Balaban J connectivity index is 2.19. The lowest BCUT2D eigenvalue weighted by Crippen LogP contribution is -2.38. The van der Waals surface area contributed by atoms with Gasteiger partial charge in [0.2, 0.25) is 0 Å². The number of aliphatic hydroxyl groups excluding tert-OH is 1. The van der Waals surface area contributed by atoms with Crippen LogP contribution >= 0.6 is 0 Å². The van der Waals surface area contributed by atoms with Gasteiger partial charge in [0.25, 0.3) is 11.7 Å². The monoisotopic (exact) mass is 510 g/mol. The zero-order valence-corrected chi connectivity index (χ0v) is 22.8. The van der Waals surface area contributed by atoms with Crippen molar-refractivity contribution in [2.45, 2.75) is 46.8 Å². The first-order valence-electron chi connectivity index (χ1n) is 12.7. The van der Waals surface area contributed by atoms with Crippen LogP contribution in [0.5, 0.6) is 17.2 Å². The fourth-order valence-corrected chi connectivity index (χ4v) is 4.69. The van der Waals surface area contributed by atoms with E-state index < -0.39 is 17.7 Å². The lowest BCUT2D eigenvalue weighted by molar-refractivity contribution is -0.140. The van der Waals surface area contributed by atoms with Gasteiger partial charge in [0.1, 0.15) is 11.5 Å². The van der Waals surface area contributed by atoms with Crippen LogP contribution in [0, 0.1) is 6.92 Å². The van der Waals surface area contributed by atoms with E-state index in [9.17, 15) is 14.7 Å². The number of rotatable bonds is 11. The summed E-state index contributed by atoms with van der Waals surface area (Å²) in [6.45, 7) is 12.4. The van der Waals surface area contributed by atoms with E-state index in [0.717, 1.165) is 18.7 Å². The van der Waals surface area contributed by atoms with Crippen LogP contribution in [0.15, 0.2) is 42.0 Å². The average molecular weight is 511 g/mol. The third kappa shape index (κ3) is 5.74. The highest BCUT2D eigenvalue weighted by Gasteiger charge is 2.47. The number of hydrogen-bond acceptors (Lipinski definition) is 7. The Kier molecular flexibility index (Phi) is 9.21. The summed E-state index contributed by atoms with van der Waals surface area (Å²) in [5, 5.41) is 11.5. The van der Waals surface area contributed by atoms with Gasteiger partial charge in [0.15, 0.2) is 11.5 Å². The zero-order valence-electron chi connectivity index (χ0n) is 22.8. The maximum absolute atomic E-state index is 13.4. The third-order valence-electron chi connectivity index (χ3n) is 6.63. The minimum atomic E-state index is -0.840. The summed E-state index contributed by atoms with van der Waals surface area (Å²) in [6, 6.07) is 9.71. The Morgan fingerprint density at radius 3 is 2.32 bits per heavy atom. The molecule has 3 rings (SSSR count). The molecule has 1 atom stereocenters. The smallest absolute Gasteiger partial charge is 0.295 e. The van der Waals surface area contributed by atoms with Crippen molar-refractivity contribution in [2.24, 2.45) is 0 Å². The van der Waals surface area contributed by atoms with Gasteiger partial charge in [-0.2, -0.15) is 0 Å². The van der Waals surface area contributed by atoms with Crippen molar-refractivity contribution < 1.29 is 28.9 Å². The van der Waals surface area contributed by atoms with Gasteiger partial charge in [0, 0.05) is 24.2 Å². The molecule has 2 aromatic rings. The van der Waals surface area contributed by atoms with Crippen molar-refractivity contribution in [3.63, 3.8) is 0 Å². The summed E-state index contributed by atoms with van der Waals surface area (Å²) < 4.78 is 17.0. The second kappa shape index (κ2) is 12.1. The van der Waals surface area contributed by atoms with Crippen LogP contribution < -0.4 is 14.2 Å². The van der Waals surface area contributed by atoms with Gasteiger partial charge in [-0.1, -0.05) is 26.0 Å². The van der Waals surface area contributed by atoms with E-state index in [4.69, 9.17) is 14.2 Å². The van der Waals surface area contributed by atoms with Crippen LogP contribution in [-0.4, -0.2) is 73.1 Å². The number of ketones is 1. The lowest BCUT2D eigenvalue weighted by atomic mass is 9.94. The summed E-state index contributed by atoms with van der Waals surface area (Å²) >= 11 is 0. The second-order valence-electron chi connectivity index (χ2n) is 9.25. The largest absolute Gasteiger partial charge is 0.507 e. The first kappa shape index (κ1) is 28.1. The number of aryl methyl sites for hydroxylation is 1. The number of para-hydroxylation sites is 1. The molecule has 0 aromatic heterocycles. The van der Waals surface area contributed by atoms with Crippen LogP contribution in [0.25, 0.3) is 5.76 Å². The Morgan fingerprint density at radius 1 is 1.05 bits per heavy atom. The molecule has 1 N–H and O–H groups in total. The quantitative estimate of drug-likeness (QED) is 0.269. The molecule has 8 heteroatoms. The average Bonchev–Trinajstić information content (AvgIpc) is 3.14. The number of likely N-dealkylation sites (tertiary alicyclic amines) is 1. The molecule has 1 aliphatic rings. The number of ether oxygens (including phenoxy) is 3. The van der Waals surface area contributed by atoms with Crippen LogP contribution in [0.2, 0.25) is 0 Å². The van der Waals surface area contributed by atoms with E-state index >= 15 is 0 Å². The molecular formula is C29H38N2O6. The number of likely N-dealkylation sites (N-methyl/N-ethyl adjacent to an activating group) is 1. The van der Waals surface area contributed by atoms with Crippen molar-refractivity contribution in [2.75, 3.05) is 40.4 Å². The summed E-state index contributed by atoms with van der Waals surface area (Å²) in [4.78, 5) is 30.5. The van der Waals surface area contributed by atoms with Crippen LogP contribution in [0.3, 0.4) is 0 Å². The molecule has 200 valence electrons. The van der Waals surface area contributed by atoms with Gasteiger partial charge in [-0.3, -0.25) is 9.59 Å². The molecule has 1 saturated heterocycles. The molecule has 1 fully saturated rings. The predicted octanol–water partition coefficient (Wildman–Crippen LogP) is 4.56. The standard InChI is InChI=1S/C29H38N2O6/c1-8-30(9-2)15-16-31-25(21-11-10-12-23(35-6)28(21)36-7)24(27(33)29(31)34)26(32)20-13-14-22(19(5)17-20)37-18(3)4/h10-14,17-18,25,32H,8-9,15-16H2,1-7H3/b26-24+/t25-/m1/s1.